The fourth-order valence-corrected chi connectivity index (χ4v) is 2.23. The van der Waals surface area contributed by atoms with E-state index in [0.717, 1.165) is 11.3 Å². The average molecular weight is 237 g/mol. The van der Waals surface area contributed by atoms with Gasteiger partial charge in [0.15, 0.2) is 0 Å². The fraction of sp³-hybridized carbons (Fsp3) is 0.300. The van der Waals surface area contributed by atoms with Gasteiger partial charge >= 0.3 is 0 Å². The summed E-state index contributed by atoms with van der Waals surface area (Å²) in [7, 11) is 0. The normalized spacial score (nSPS) is 22.3. The van der Waals surface area contributed by atoms with Gasteiger partial charge in [0.2, 0.25) is 0 Å². The van der Waals surface area contributed by atoms with Crippen LogP contribution in [0, 0.1) is 10.1 Å². The van der Waals surface area contributed by atoms with Gasteiger partial charge in [-0.05, 0) is 11.6 Å². The molecule has 0 aromatic heterocycles. The Balaban J connectivity index is 2.52. The molecular weight excluding hydrogens is 226 g/mol. The van der Waals surface area contributed by atoms with Crippen molar-refractivity contribution in [1.29, 1.82) is 0 Å². The van der Waals surface area contributed by atoms with Gasteiger partial charge in [-0.3, -0.25) is 10.1 Å². The third-order valence-electron chi connectivity index (χ3n) is 2.89. The van der Waals surface area contributed by atoms with E-state index in [-0.39, 0.29) is 23.3 Å². The lowest BCUT2D eigenvalue weighted by atomic mass is 9.97. The molecule has 2 rings (SSSR count). The van der Waals surface area contributed by atoms with Crippen molar-refractivity contribution in [3.63, 3.8) is 0 Å². The molecule has 3 N–H and O–H groups in total. The molecule has 0 aliphatic carbocycles. The number of thiocarbonyl (C=S) groups is 1. The van der Waals surface area contributed by atoms with Gasteiger partial charge in [-0.15, -0.1) is 0 Å². The highest BCUT2D eigenvalue weighted by atomic mass is 32.1. The molecule has 1 heterocycles. The number of rotatable bonds is 2. The molecule has 5 nitrogen and oxygen atoms in total. The van der Waals surface area contributed by atoms with Crippen LogP contribution in [0.2, 0.25) is 0 Å². The SMILES string of the molecule is CC1c2cc([N+](=O)[O-])c(N)cc2NC1C=S. The van der Waals surface area contributed by atoms with Crippen molar-refractivity contribution >= 4 is 34.6 Å². The van der Waals surface area contributed by atoms with Gasteiger partial charge < -0.3 is 11.1 Å². The summed E-state index contributed by atoms with van der Waals surface area (Å²) in [5.74, 6) is 0.131. The molecule has 0 spiro atoms. The van der Waals surface area contributed by atoms with Crippen molar-refractivity contribution in [3.8, 4) is 0 Å². The van der Waals surface area contributed by atoms with E-state index in [1.54, 1.807) is 11.4 Å². The Morgan fingerprint density at radius 3 is 2.88 bits per heavy atom. The van der Waals surface area contributed by atoms with Crippen molar-refractivity contribution in [2.75, 3.05) is 11.1 Å². The van der Waals surface area contributed by atoms with E-state index in [1.165, 1.54) is 6.07 Å². The van der Waals surface area contributed by atoms with Crippen molar-refractivity contribution in [3.05, 3.63) is 27.8 Å². The van der Waals surface area contributed by atoms with Crippen LogP contribution in [-0.4, -0.2) is 16.3 Å². The topological polar surface area (TPSA) is 81.2 Å². The number of nitrogens with two attached hydrogens (primary N) is 1. The first kappa shape index (κ1) is 10.8. The Hall–Kier alpha value is -1.69. The molecule has 0 saturated heterocycles. The minimum atomic E-state index is -0.465. The van der Waals surface area contributed by atoms with Crippen LogP contribution in [0.5, 0.6) is 0 Å². The Kier molecular flexibility index (Phi) is 2.51. The number of nitrogens with one attached hydrogen (secondary N) is 1. The first-order valence-corrected chi connectivity index (χ1v) is 5.31. The van der Waals surface area contributed by atoms with Crippen molar-refractivity contribution < 1.29 is 4.92 Å². The summed E-state index contributed by atoms with van der Waals surface area (Å²) in [4.78, 5) is 10.3. The highest BCUT2D eigenvalue weighted by Crippen LogP contribution is 2.40. The van der Waals surface area contributed by atoms with Gasteiger partial charge in [0, 0.05) is 23.0 Å². The lowest BCUT2D eigenvalue weighted by Crippen LogP contribution is -2.18. The maximum atomic E-state index is 10.8. The predicted octanol–water partition coefficient (Wildman–Crippen LogP) is 2.07. The van der Waals surface area contributed by atoms with E-state index < -0.39 is 4.92 Å². The lowest BCUT2D eigenvalue weighted by molar-refractivity contribution is -0.383. The van der Waals surface area contributed by atoms with Crippen molar-refractivity contribution in [2.24, 2.45) is 0 Å². The number of fused-ring (bicyclic) bond motifs is 1. The summed E-state index contributed by atoms with van der Waals surface area (Å²) in [5, 5.41) is 15.6. The monoisotopic (exact) mass is 237 g/mol. The molecule has 6 heteroatoms. The van der Waals surface area contributed by atoms with Gasteiger partial charge in [0.25, 0.3) is 5.69 Å². The molecule has 1 aliphatic rings. The standard InChI is InChI=1S/C10H11N3O2S/c1-5-6-2-10(13(14)15)7(11)3-8(6)12-9(5)4-16/h2-5,9,12H,11H2,1H3. The number of nitrogen functional groups attached to an aromatic ring is 1. The maximum absolute atomic E-state index is 10.8. The third-order valence-corrected chi connectivity index (χ3v) is 3.19. The molecule has 0 amide bonds. The number of hydrogen-bond donors (Lipinski definition) is 2. The molecule has 16 heavy (non-hydrogen) atoms. The molecule has 1 aromatic rings. The largest absolute Gasteiger partial charge is 0.393 e. The summed E-state index contributed by atoms with van der Waals surface area (Å²) in [6.45, 7) is 1.98. The van der Waals surface area contributed by atoms with E-state index in [2.05, 4.69) is 5.32 Å². The van der Waals surface area contributed by atoms with Crippen LogP contribution in [0.4, 0.5) is 17.1 Å². The van der Waals surface area contributed by atoms with Gasteiger partial charge in [-0.25, -0.2) is 0 Å². The van der Waals surface area contributed by atoms with Crippen LogP contribution in [0.15, 0.2) is 12.1 Å². The predicted molar refractivity (Wildman–Crippen MR) is 67.0 cm³/mol. The molecule has 1 aliphatic heterocycles. The summed E-state index contributed by atoms with van der Waals surface area (Å²) >= 11 is 4.90. The molecule has 0 radical (unpaired) electrons. The second kappa shape index (κ2) is 3.71. The fourth-order valence-electron chi connectivity index (χ4n) is 1.93. The van der Waals surface area contributed by atoms with Gasteiger partial charge in [0.1, 0.15) is 5.69 Å². The highest BCUT2D eigenvalue weighted by molar-refractivity contribution is 7.79. The van der Waals surface area contributed by atoms with E-state index in [1.807, 2.05) is 6.92 Å². The lowest BCUT2D eigenvalue weighted by Gasteiger charge is -2.08. The number of nitro groups is 1. The van der Waals surface area contributed by atoms with Crippen LogP contribution < -0.4 is 11.1 Å². The van der Waals surface area contributed by atoms with E-state index in [9.17, 15) is 10.1 Å². The third kappa shape index (κ3) is 1.51. The van der Waals surface area contributed by atoms with Crippen molar-refractivity contribution in [1.82, 2.24) is 0 Å². The van der Waals surface area contributed by atoms with Crippen LogP contribution in [0.25, 0.3) is 0 Å². The molecule has 0 saturated carbocycles. The number of nitrogens with zero attached hydrogens (tertiary/aromatic N) is 1. The average Bonchev–Trinajstić information content (AvgIpc) is 2.53. The first-order valence-electron chi connectivity index (χ1n) is 4.84. The second-order valence-corrected chi connectivity index (χ2v) is 4.12. The van der Waals surface area contributed by atoms with Crippen LogP contribution >= 0.6 is 12.2 Å². The minimum Gasteiger partial charge on any atom is -0.393 e. The van der Waals surface area contributed by atoms with E-state index >= 15 is 0 Å². The zero-order valence-electron chi connectivity index (χ0n) is 8.64. The van der Waals surface area contributed by atoms with Crippen molar-refractivity contribution in [2.45, 2.75) is 18.9 Å². The van der Waals surface area contributed by atoms with Gasteiger partial charge in [-0.2, -0.15) is 0 Å². The number of anilines is 2. The smallest absolute Gasteiger partial charge is 0.292 e. The van der Waals surface area contributed by atoms with Crippen LogP contribution in [0.1, 0.15) is 18.4 Å². The first-order chi connectivity index (χ1) is 7.54. The summed E-state index contributed by atoms with van der Waals surface area (Å²) < 4.78 is 0. The summed E-state index contributed by atoms with van der Waals surface area (Å²) in [6.07, 6.45) is 0. The number of hydrogen-bond acceptors (Lipinski definition) is 5. The second-order valence-electron chi connectivity index (χ2n) is 3.85. The molecule has 0 bridgehead atoms. The molecule has 2 unspecified atom stereocenters. The zero-order valence-corrected chi connectivity index (χ0v) is 9.45. The quantitative estimate of drug-likeness (QED) is 0.356. The van der Waals surface area contributed by atoms with Gasteiger partial charge in [0.05, 0.1) is 11.0 Å². The maximum Gasteiger partial charge on any atom is 0.292 e. The molecule has 0 fully saturated rings. The summed E-state index contributed by atoms with van der Waals surface area (Å²) in [5.41, 5.74) is 7.47. The minimum absolute atomic E-state index is 0.0337. The van der Waals surface area contributed by atoms with Gasteiger partial charge in [-0.1, -0.05) is 19.1 Å². The Bertz CT molecular complexity index is 475. The van der Waals surface area contributed by atoms with E-state index in [0.29, 0.717) is 0 Å². The molecular formula is C10H11N3O2S. The van der Waals surface area contributed by atoms with Crippen LogP contribution in [0.3, 0.4) is 0 Å². The molecule has 2 atom stereocenters. The van der Waals surface area contributed by atoms with E-state index in [4.69, 9.17) is 18.0 Å². The highest BCUT2D eigenvalue weighted by Gasteiger charge is 2.30. The Morgan fingerprint density at radius 2 is 2.31 bits per heavy atom. The van der Waals surface area contributed by atoms with Crippen LogP contribution in [-0.2, 0) is 0 Å². The molecule has 1 aromatic carbocycles. The number of benzene rings is 1. The number of nitro benzene ring substituents is 1. The molecule has 84 valence electrons. The summed E-state index contributed by atoms with van der Waals surface area (Å²) in [6, 6.07) is 3.16. The Labute approximate surface area is 97.8 Å². The Morgan fingerprint density at radius 1 is 1.62 bits per heavy atom. The zero-order chi connectivity index (χ0) is 11.9.